The highest BCUT2D eigenvalue weighted by Crippen LogP contribution is 2.43. The van der Waals surface area contributed by atoms with Gasteiger partial charge in [0.1, 0.15) is 11.5 Å². The van der Waals surface area contributed by atoms with Crippen molar-refractivity contribution < 1.29 is 10.2 Å². The molecular weight excluding hydrogens is 252 g/mol. The Labute approximate surface area is 120 Å². The molecule has 1 aliphatic heterocycles. The first-order valence-corrected chi connectivity index (χ1v) is 7.72. The lowest BCUT2D eigenvalue weighted by molar-refractivity contribution is 0.123. The van der Waals surface area contributed by atoms with Crippen molar-refractivity contribution in [3.8, 4) is 11.5 Å². The van der Waals surface area contributed by atoms with Gasteiger partial charge in [-0.25, -0.2) is 0 Å². The van der Waals surface area contributed by atoms with Crippen molar-refractivity contribution in [3.05, 3.63) is 23.8 Å². The number of phenols is 2. The molecule has 2 aliphatic rings. The van der Waals surface area contributed by atoms with Gasteiger partial charge in [0, 0.05) is 37.8 Å². The van der Waals surface area contributed by atoms with E-state index in [1.807, 2.05) is 0 Å². The topological polar surface area (TPSA) is 55.7 Å². The summed E-state index contributed by atoms with van der Waals surface area (Å²) in [5.74, 6) is 1.16. The third-order valence-electron chi connectivity index (χ3n) is 4.72. The van der Waals surface area contributed by atoms with Gasteiger partial charge < -0.3 is 15.5 Å². The summed E-state index contributed by atoms with van der Waals surface area (Å²) >= 11 is 0. The van der Waals surface area contributed by atoms with E-state index in [0.29, 0.717) is 11.7 Å². The smallest absolute Gasteiger partial charge is 0.120 e. The molecule has 0 bridgehead atoms. The predicted octanol–water partition coefficient (Wildman–Crippen LogP) is 2.23. The number of phenolic OH excluding ortho intramolecular Hbond substituents is 2. The fraction of sp³-hybridized carbons (Fsp3) is 0.625. The first-order chi connectivity index (χ1) is 9.75. The largest absolute Gasteiger partial charge is 0.508 e. The van der Waals surface area contributed by atoms with Crippen molar-refractivity contribution in [2.45, 2.75) is 31.7 Å². The molecule has 3 rings (SSSR count). The second kappa shape index (κ2) is 6.02. The standard InChI is InChI=1S/C16H24N2O2/c19-13-5-6-15(20)14(11-13)16(12-3-1-2-4-12)18-9-7-17-8-10-18/h5-6,11-12,16-17,19-20H,1-4,7-10H2/t16-/m1/s1. The lowest BCUT2D eigenvalue weighted by Gasteiger charge is -2.38. The molecule has 1 aromatic carbocycles. The molecule has 110 valence electrons. The van der Waals surface area contributed by atoms with Gasteiger partial charge in [0.05, 0.1) is 0 Å². The van der Waals surface area contributed by atoms with Crippen LogP contribution in [0.5, 0.6) is 11.5 Å². The lowest BCUT2D eigenvalue weighted by Crippen LogP contribution is -2.46. The van der Waals surface area contributed by atoms with Crippen LogP contribution in [0.15, 0.2) is 18.2 Å². The van der Waals surface area contributed by atoms with Crippen LogP contribution in [0, 0.1) is 5.92 Å². The Morgan fingerprint density at radius 1 is 1.10 bits per heavy atom. The summed E-state index contributed by atoms with van der Waals surface area (Å²) < 4.78 is 0. The molecule has 0 amide bonds. The van der Waals surface area contributed by atoms with Crippen molar-refractivity contribution in [1.29, 1.82) is 0 Å². The zero-order valence-corrected chi connectivity index (χ0v) is 11.9. The number of nitrogens with one attached hydrogen (secondary N) is 1. The van der Waals surface area contributed by atoms with Gasteiger partial charge in [0.2, 0.25) is 0 Å². The van der Waals surface area contributed by atoms with Gasteiger partial charge in [-0.2, -0.15) is 0 Å². The van der Waals surface area contributed by atoms with E-state index in [-0.39, 0.29) is 11.8 Å². The molecule has 1 saturated carbocycles. The summed E-state index contributed by atoms with van der Waals surface area (Å²) in [5.41, 5.74) is 0.902. The minimum absolute atomic E-state index is 0.242. The number of aromatic hydroxyl groups is 2. The van der Waals surface area contributed by atoms with Crippen LogP contribution in [0.25, 0.3) is 0 Å². The highest BCUT2D eigenvalue weighted by Gasteiger charge is 2.33. The second-order valence-corrected chi connectivity index (χ2v) is 6.02. The van der Waals surface area contributed by atoms with Crippen LogP contribution in [-0.4, -0.2) is 41.3 Å². The number of rotatable bonds is 3. The van der Waals surface area contributed by atoms with Crippen LogP contribution >= 0.6 is 0 Å². The minimum atomic E-state index is 0.242. The van der Waals surface area contributed by atoms with Gasteiger partial charge in [0.25, 0.3) is 0 Å². The van der Waals surface area contributed by atoms with E-state index >= 15 is 0 Å². The van der Waals surface area contributed by atoms with E-state index < -0.39 is 0 Å². The van der Waals surface area contributed by atoms with E-state index in [0.717, 1.165) is 31.7 Å². The van der Waals surface area contributed by atoms with Crippen LogP contribution in [0.3, 0.4) is 0 Å². The maximum atomic E-state index is 10.2. The summed E-state index contributed by atoms with van der Waals surface area (Å²) in [5, 5.41) is 23.4. The summed E-state index contributed by atoms with van der Waals surface area (Å²) in [6.45, 7) is 4.03. The van der Waals surface area contributed by atoms with Crippen molar-refractivity contribution in [3.63, 3.8) is 0 Å². The fourth-order valence-corrected chi connectivity index (χ4v) is 3.76. The van der Waals surface area contributed by atoms with E-state index in [9.17, 15) is 10.2 Å². The molecule has 20 heavy (non-hydrogen) atoms. The quantitative estimate of drug-likeness (QED) is 0.741. The fourth-order valence-electron chi connectivity index (χ4n) is 3.76. The molecule has 0 unspecified atom stereocenters. The molecular formula is C16H24N2O2. The SMILES string of the molecule is Oc1ccc(O)c([C@@H](C2CCCC2)N2CCNCC2)c1. The van der Waals surface area contributed by atoms with E-state index in [4.69, 9.17) is 0 Å². The highest BCUT2D eigenvalue weighted by atomic mass is 16.3. The average molecular weight is 276 g/mol. The summed E-state index contributed by atoms with van der Waals surface area (Å²) in [6.07, 6.45) is 5.02. The summed E-state index contributed by atoms with van der Waals surface area (Å²) in [4.78, 5) is 2.47. The Morgan fingerprint density at radius 3 is 2.50 bits per heavy atom. The van der Waals surface area contributed by atoms with Crippen LogP contribution in [0.2, 0.25) is 0 Å². The van der Waals surface area contributed by atoms with Crippen LogP contribution in [0.4, 0.5) is 0 Å². The van der Waals surface area contributed by atoms with Gasteiger partial charge in [0.15, 0.2) is 0 Å². The Balaban J connectivity index is 1.92. The summed E-state index contributed by atoms with van der Waals surface area (Å²) in [6, 6.07) is 5.17. The van der Waals surface area contributed by atoms with Gasteiger partial charge in [-0.3, -0.25) is 4.90 Å². The van der Waals surface area contributed by atoms with Crippen molar-refractivity contribution in [1.82, 2.24) is 10.2 Å². The molecule has 4 nitrogen and oxygen atoms in total. The molecule has 4 heteroatoms. The summed E-state index contributed by atoms with van der Waals surface area (Å²) in [7, 11) is 0. The minimum Gasteiger partial charge on any atom is -0.508 e. The zero-order valence-electron chi connectivity index (χ0n) is 11.9. The second-order valence-electron chi connectivity index (χ2n) is 6.02. The first kappa shape index (κ1) is 13.7. The number of piperazine rings is 1. The van der Waals surface area contributed by atoms with Crippen molar-refractivity contribution in [2.75, 3.05) is 26.2 Å². The maximum Gasteiger partial charge on any atom is 0.120 e. The third kappa shape index (κ3) is 2.76. The predicted molar refractivity (Wildman–Crippen MR) is 78.9 cm³/mol. The molecule has 0 radical (unpaired) electrons. The number of hydrogen-bond donors (Lipinski definition) is 3. The van der Waals surface area contributed by atoms with Gasteiger partial charge in [-0.1, -0.05) is 12.8 Å². The molecule has 1 saturated heterocycles. The Morgan fingerprint density at radius 2 is 1.80 bits per heavy atom. The molecule has 0 spiro atoms. The number of nitrogens with zero attached hydrogens (tertiary/aromatic N) is 1. The van der Waals surface area contributed by atoms with E-state index in [1.54, 1.807) is 18.2 Å². The lowest BCUT2D eigenvalue weighted by atomic mass is 9.89. The molecule has 0 aromatic heterocycles. The van der Waals surface area contributed by atoms with Crippen LogP contribution in [-0.2, 0) is 0 Å². The van der Waals surface area contributed by atoms with Gasteiger partial charge in [-0.15, -0.1) is 0 Å². The molecule has 1 atom stereocenters. The molecule has 3 N–H and O–H groups in total. The third-order valence-corrected chi connectivity index (χ3v) is 4.72. The Hall–Kier alpha value is -1.26. The molecule has 1 aliphatic carbocycles. The van der Waals surface area contributed by atoms with Crippen molar-refractivity contribution in [2.24, 2.45) is 5.92 Å². The van der Waals surface area contributed by atoms with Crippen LogP contribution < -0.4 is 5.32 Å². The van der Waals surface area contributed by atoms with Gasteiger partial charge >= 0.3 is 0 Å². The molecule has 2 fully saturated rings. The monoisotopic (exact) mass is 276 g/mol. The van der Waals surface area contributed by atoms with E-state index in [2.05, 4.69) is 10.2 Å². The van der Waals surface area contributed by atoms with Crippen molar-refractivity contribution >= 4 is 0 Å². The Bertz CT molecular complexity index is 452. The highest BCUT2D eigenvalue weighted by molar-refractivity contribution is 5.41. The average Bonchev–Trinajstić information content (AvgIpc) is 2.98. The number of hydrogen-bond acceptors (Lipinski definition) is 4. The van der Waals surface area contributed by atoms with Gasteiger partial charge in [-0.05, 0) is 37.0 Å². The Kier molecular flexibility index (Phi) is 4.13. The maximum absolute atomic E-state index is 10.2. The molecule has 1 aromatic rings. The first-order valence-electron chi connectivity index (χ1n) is 7.72. The van der Waals surface area contributed by atoms with Crippen LogP contribution in [0.1, 0.15) is 37.3 Å². The normalized spacial score (nSPS) is 23.0. The number of benzene rings is 1. The zero-order chi connectivity index (χ0) is 13.9. The van der Waals surface area contributed by atoms with E-state index in [1.165, 1.54) is 25.7 Å². The molecule has 1 heterocycles.